The first-order valence-corrected chi connectivity index (χ1v) is 7.97. The summed E-state index contributed by atoms with van der Waals surface area (Å²) in [6, 6.07) is 10.4. The number of nitrogens with zero attached hydrogens (tertiary/aromatic N) is 1. The highest BCUT2D eigenvalue weighted by molar-refractivity contribution is 6.53. The van der Waals surface area contributed by atoms with Crippen LogP contribution in [0.5, 0.6) is 5.75 Å². The number of amides is 2. The smallest absolute Gasteiger partial charge is 0.416 e. The number of nitrogens with one attached hydrogen (secondary N) is 1. The molecule has 5 nitrogen and oxygen atoms in total. The summed E-state index contributed by atoms with van der Waals surface area (Å²) in [6.45, 7) is 0. The molecule has 140 valence electrons. The molecule has 1 heterocycles. The van der Waals surface area contributed by atoms with Crippen molar-refractivity contribution in [1.29, 1.82) is 0 Å². The molecule has 27 heavy (non-hydrogen) atoms. The Kier molecular flexibility index (Phi) is 4.84. The minimum atomic E-state index is -4.54. The van der Waals surface area contributed by atoms with Crippen LogP contribution >= 0.6 is 11.6 Å². The Morgan fingerprint density at radius 1 is 1.04 bits per heavy atom. The van der Waals surface area contributed by atoms with Gasteiger partial charge in [-0.1, -0.05) is 23.7 Å². The van der Waals surface area contributed by atoms with Crippen molar-refractivity contribution < 1.29 is 27.5 Å². The molecule has 0 spiro atoms. The number of rotatable bonds is 4. The van der Waals surface area contributed by atoms with Crippen LogP contribution in [0, 0.1) is 0 Å². The molecule has 0 bridgehead atoms. The largest absolute Gasteiger partial charge is 0.497 e. The normalized spacial score (nSPS) is 14.8. The molecule has 2 aromatic rings. The first-order chi connectivity index (χ1) is 12.7. The van der Waals surface area contributed by atoms with Gasteiger partial charge in [-0.15, -0.1) is 0 Å². The fourth-order valence-electron chi connectivity index (χ4n) is 2.51. The Bertz CT molecular complexity index is 957. The van der Waals surface area contributed by atoms with Gasteiger partial charge < -0.3 is 10.1 Å². The number of halogens is 4. The zero-order valence-corrected chi connectivity index (χ0v) is 14.6. The predicted molar refractivity (Wildman–Crippen MR) is 93.4 cm³/mol. The summed E-state index contributed by atoms with van der Waals surface area (Å²) in [7, 11) is 1.43. The van der Waals surface area contributed by atoms with Crippen molar-refractivity contribution in [3.05, 3.63) is 64.8 Å². The van der Waals surface area contributed by atoms with Gasteiger partial charge in [-0.25, -0.2) is 4.90 Å². The van der Waals surface area contributed by atoms with E-state index in [1.165, 1.54) is 31.4 Å². The number of hydrogen-bond donors (Lipinski definition) is 1. The van der Waals surface area contributed by atoms with Gasteiger partial charge >= 0.3 is 6.18 Å². The third kappa shape index (κ3) is 3.61. The van der Waals surface area contributed by atoms with Gasteiger partial charge in [0.25, 0.3) is 11.8 Å². The molecule has 0 saturated carbocycles. The first-order valence-electron chi connectivity index (χ1n) is 7.59. The number of anilines is 2. The number of ether oxygens (including phenoxy) is 1. The average Bonchev–Trinajstić information content (AvgIpc) is 2.85. The third-order valence-electron chi connectivity index (χ3n) is 3.80. The average molecular weight is 397 g/mol. The van der Waals surface area contributed by atoms with E-state index in [-0.39, 0.29) is 17.1 Å². The third-order valence-corrected chi connectivity index (χ3v) is 4.15. The number of carbonyl (C=O) groups excluding carboxylic acids is 2. The summed E-state index contributed by atoms with van der Waals surface area (Å²) >= 11 is 5.97. The lowest BCUT2D eigenvalue weighted by molar-refractivity contribution is -0.137. The highest BCUT2D eigenvalue weighted by atomic mass is 35.5. The van der Waals surface area contributed by atoms with Crippen molar-refractivity contribution >= 4 is 34.8 Å². The van der Waals surface area contributed by atoms with Crippen LogP contribution in [0.1, 0.15) is 5.56 Å². The van der Waals surface area contributed by atoms with Gasteiger partial charge in [-0.3, -0.25) is 9.59 Å². The summed E-state index contributed by atoms with van der Waals surface area (Å²) < 4.78 is 43.6. The van der Waals surface area contributed by atoms with Gasteiger partial charge in [0, 0.05) is 11.8 Å². The van der Waals surface area contributed by atoms with Crippen LogP contribution in [0.2, 0.25) is 0 Å². The fourth-order valence-corrected chi connectivity index (χ4v) is 2.73. The van der Waals surface area contributed by atoms with Gasteiger partial charge in [0.1, 0.15) is 16.5 Å². The van der Waals surface area contributed by atoms with Crippen molar-refractivity contribution in [2.24, 2.45) is 0 Å². The van der Waals surface area contributed by atoms with Crippen LogP contribution in [-0.2, 0) is 15.8 Å². The first kappa shape index (κ1) is 18.8. The molecular formula is C18H12ClF3N2O3. The molecule has 0 radical (unpaired) electrons. The molecule has 0 aliphatic carbocycles. The monoisotopic (exact) mass is 396 g/mol. The number of imide groups is 1. The Hall–Kier alpha value is -3.00. The maximum atomic E-state index is 12.8. The molecule has 0 aromatic heterocycles. The van der Waals surface area contributed by atoms with Gasteiger partial charge in [0.05, 0.1) is 18.4 Å². The van der Waals surface area contributed by atoms with Crippen LogP contribution in [-0.4, -0.2) is 18.9 Å². The van der Waals surface area contributed by atoms with E-state index in [4.69, 9.17) is 16.3 Å². The molecule has 1 aliphatic rings. The second kappa shape index (κ2) is 6.96. The number of carbonyl (C=O) groups is 2. The van der Waals surface area contributed by atoms with Crippen molar-refractivity contribution in [1.82, 2.24) is 0 Å². The second-order valence-corrected chi connectivity index (χ2v) is 5.92. The Labute approximate surface area is 157 Å². The van der Waals surface area contributed by atoms with Crippen molar-refractivity contribution in [2.75, 3.05) is 17.3 Å². The van der Waals surface area contributed by atoms with Gasteiger partial charge in [0.15, 0.2) is 0 Å². The van der Waals surface area contributed by atoms with E-state index >= 15 is 0 Å². The predicted octanol–water partition coefficient (Wildman–Crippen LogP) is 4.15. The van der Waals surface area contributed by atoms with E-state index in [1.54, 1.807) is 12.1 Å². The molecule has 1 aliphatic heterocycles. The van der Waals surface area contributed by atoms with Crippen LogP contribution in [0.15, 0.2) is 59.3 Å². The second-order valence-electron chi connectivity index (χ2n) is 5.54. The molecule has 0 saturated heterocycles. The summed E-state index contributed by atoms with van der Waals surface area (Å²) in [4.78, 5) is 25.9. The number of benzene rings is 2. The minimum Gasteiger partial charge on any atom is -0.497 e. The maximum absolute atomic E-state index is 12.8. The van der Waals surface area contributed by atoms with Crippen LogP contribution in [0.3, 0.4) is 0 Å². The molecule has 0 unspecified atom stereocenters. The van der Waals surface area contributed by atoms with Crippen molar-refractivity contribution in [2.45, 2.75) is 6.18 Å². The SMILES string of the molecule is COc1cccc(N2C(=O)C(Cl)=C(Nc3cccc(C(F)(F)F)c3)C2=O)c1. The Morgan fingerprint density at radius 3 is 2.41 bits per heavy atom. The highest BCUT2D eigenvalue weighted by Crippen LogP contribution is 2.34. The molecule has 2 amide bonds. The zero-order chi connectivity index (χ0) is 19.8. The van der Waals surface area contributed by atoms with E-state index < -0.39 is 28.6 Å². The summed E-state index contributed by atoms with van der Waals surface area (Å²) in [5.74, 6) is -1.15. The fraction of sp³-hybridized carbons (Fsp3) is 0.111. The van der Waals surface area contributed by atoms with Crippen LogP contribution < -0.4 is 15.0 Å². The highest BCUT2D eigenvalue weighted by Gasteiger charge is 2.39. The van der Waals surface area contributed by atoms with E-state index in [9.17, 15) is 22.8 Å². The molecule has 0 atom stereocenters. The maximum Gasteiger partial charge on any atom is 0.416 e. The lowest BCUT2D eigenvalue weighted by atomic mass is 10.2. The van der Waals surface area contributed by atoms with E-state index in [1.807, 2.05) is 0 Å². The molecule has 9 heteroatoms. The molecular weight excluding hydrogens is 385 g/mol. The van der Waals surface area contributed by atoms with E-state index in [0.29, 0.717) is 5.75 Å². The quantitative estimate of drug-likeness (QED) is 0.789. The Balaban J connectivity index is 1.91. The summed E-state index contributed by atoms with van der Waals surface area (Å²) in [6.07, 6.45) is -4.54. The molecule has 3 rings (SSSR count). The lowest BCUT2D eigenvalue weighted by Gasteiger charge is -2.16. The van der Waals surface area contributed by atoms with Gasteiger partial charge in [-0.2, -0.15) is 13.2 Å². The lowest BCUT2D eigenvalue weighted by Crippen LogP contribution is -2.32. The molecule has 1 N–H and O–H groups in total. The van der Waals surface area contributed by atoms with Crippen LogP contribution in [0.4, 0.5) is 24.5 Å². The van der Waals surface area contributed by atoms with Crippen molar-refractivity contribution in [3.8, 4) is 5.75 Å². The standard InChI is InChI=1S/C18H12ClF3N2O3/c1-27-13-7-3-6-12(9-13)24-16(25)14(19)15(17(24)26)23-11-5-2-4-10(8-11)18(20,21)22/h2-9,23H,1H3. The Morgan fingerprint density at radius 2 is 1.74 bits per heavy atom. The van der Waals surface area contributed by atoms with Gasteiger partial charge in [-0.05, 0) is 30.3 Å². The zero-order valence-electron chi connectivity index (χ0n) is 13.8. The van der Waals surface area contributed by atoms with Crippen LogP contribution in [0.25, 0.3) is 0 Å². The number of methoxy groups -OCH3 is 1. The van der Waals surface area contributed by atoms with E-state index in [0.717, 1.165) is 17.0 Å². The number of alkyl halides is 3. The topological polar surface area (TPSA) is 58.6 Å². The number of hydrogen-bond acceptors (Lipinski definition) is 4. The molecule has 2 aromatic carbocycles. The van der Waals surface area contributed by atoms with Gasteiger partial charge in [0.2, 0.25) is 0 Å². The summed E-state index contributed by atoms with van der Waals surface area (Å²) in [5.41, 5.74) is -0.996. The minimum absolute atomic E-state index is 0.0217. The van der Waals surface area contributed by atoms with Crippen molar-refractivity contribution in [3.63, 3.8) is 0 Å². The molecule has 0 fully saturated rings. The summed E-state index contributed by atoms with van der Waals surface area (Å²) in [5, 5.41) is 2.10. The van der Waals surface area contributed by atoms with E-state index in [2.05, 4.69) is 5.32 Å².